The van der Waals surface area contributed by atoms with E-state index < -0.39 is 0 Å². The molecule has 42 heavy (non-hydrogen) atoms. The topological polar surface area (TPSA) is 103 Å². The highest BCUT2D eigenvalue weighted by Crippen LogP contribution is 2.36. The monoisotopic (exact) mass is 617 g/mol. The molecule has 218 valence electrons. The van der Waals surface area contributed by atoms with Crippen molar-refractivity contribution in [2.24, 2.45) is 30.7 Å². The van der Waals surface area contributed by atoms with Crippen molar-refractivity contribution in [1.29, 1.82) is 0 Å². The second-order valence-electron chi connectivity index (χ2n) is 10.1. The molecule has 3 heterocycles. The number of unbranched alkanes of at least 4 members (excludes halogenated alkanes) is 3. The maximum Gasteiger partial charge on any atom is 0.252 e. The van der Waals surface area contributed by atoms with E-state index in [1.165, 1.54) is 54.9 Å². The van der Waals surface area contributed by atoms with E-state index in [1.54, 1.807) is 23.1 Å². The summed E-state index contributed by atoms with van der Waals surface area (Å²) >= 11 is 4.90. The number of aromatic nitrogens is 2. The van der Waals surface area contributed by atoms with Crippen LogP contribution in [0.15, 0.2) is 83.6 Å². The van der Waals surface area contributed by atoms with Crippen molar-refractivity contribution in [3.05, 3.63) is 59.7 Å². The van der Waals surface area contributed by atoms with Crippen molar-refractivity contribution in [3.8, 4) is 0 Å². The van der Waals surface area contributed by atoms with E-state index in [-0.39, 0.29) is 0 Å². The third-order valence-corrected chi connectivity index (χ3v) is 9.81. The fourth-order valence-corrected chi connectivity index (χ4v) is 7.02. The number of thiophene rings is 1. The van der Waals surface area contributed by atoms with Gasteiger partial charge in [-0.1, -0.05) is 60.6 Å². The minimum absolute atomic E-state index is 0.565. The molecule has 0 aliphatic carbocycles. The molecule has 0 spiro atoms. The highest BCUT2D eigenvalue weighted by Gasteiger charge is 2.14. The van der Waals surface area contributed by atoms with Crippen LogP contribution in [0.3, 0.4) is 0 Å². The first-order valence-corrected chi connectivity index (χ1v) is 17.0. The van der Waals surface area contributed by atoms with Crippen LogP contribution in [0.25, 0.3) is 0 Å². The Hall–Kier alpha value is -3.35. The van der Waals surface area contributed by atoms with E-state index in [1.807, 2.05) is 56.3 Å². The van der Waals surface area contributed by atoms with Crippen LogP contribution in [0.1, 0.15) is 56.6 Å². The zero-order chi connectivity index (χ0) is 29.1. The lowest BCUT2D eigenvalue weighted by molar-refractivity contribution is 0.706. The Morgan fingerprint density at radius 2 is 1.43 bits per heavy atom. The van der Waals surface area contributed by atoms with Gasteiger partial charge >= 0.3 is 0 Å². The second-order valence-corrected chi connectivity index (χ2v) is 13.4. The number of anilines is 1. The van der Waals surface area contributed by atoms with Crippen molar-refractivity contribution >= 4 is 72.3 Å². The largest absolute Gasteiger partial charge is 0.363 e. The average molecular weight is 618 g/mol. The molecule has 12 heteroatoms. The van der Waals surface area contributed by atoms with Crippen molar-refractivity contribution in [3.63, 3.8) is 0 Å². The van der Waals surface area contributed by atoms with Crippen molar-refractivity contribution in [2.45, 2.75) is 63.6 Å². The number of benzene rings is 2. The summed E-state index contributed by atoms with van der Waals surface area (Å²) in [5.41, 5.74) is 5.04. The Morgan fingerprint density at radius 3 is 2.12 bits per heavy atom. The van der Waals surface area contributed by atoms with Crippen LogP contribution in [0.4, 0.5) is 37.9 Å². The first kappa shape index (κ1) is 30.1. The summed E-state index contributed by atoms with van der Waals surface area (Å²) in [7, 11) is 0. The third kappa shape index (κ3) is 8.59. The number of nitrogens with zero attached hydrogens (tertiary/aromatic N) is 9. The van der Waals surface area contributed by atoms with Gasteiger partial charge in [-0.3, -0.25) is 0 Å². The number of hydrogen-bond donors (Lipinski definition) is 0. The Kier molecular flexibility index (Phi) is 10.9. The molecule has 0 saturated carbocycles. The first-order chi connectivity index (χ1) is 20.6. The normalized spacial score (nSPS) is 13.9. The van der Waals surface area contributed by atoms with Crippen molar-refractivity contribution in [1.82, 2.24) is 10.2 Å². The first-order valence-electron chi connectivity index (χ1n) is 14.3. The summed E-state index contributed by atoms with van der Waals surface area (Å²) in [5, 5.41) is 37.6. The van der Waals surface area contributed by atoms with Gasteiger partial charge in [0, 0.05) is 18.8 Å². The van der Waals surface area contributed by atoms with Gasteiger partial charge in [-0.05, 0) is 92.8 Å². The van der Waals surface area contributed by atoms with Gasteiger partial charge in [0.1, 0.15) is 5.00 Å². The Morgan fingerprint density at radius 1 is 0.738 bits per heavy atom. The molecule has 9 nitrogen and oxygen atoms in total. The molecule has 5 rings (SSSR count). The van der Waals surface area contributed by atoms with E-state index in [0.29, 0.717) is 5.13 Å². The molecule has 2 aromatic carbocycles. The molecule has 0 unspecified atom stereocenters. The number of aryl methyl sites for hydroxylation is 2. The Bertz CT molecular complexity index is 1550. The fourth-order valence-electron chi connectivity index (χ4n) is 4.41. The Balaban J connectivity index is 1.15. The van der Waals surface area contributed by atoms with Gasteiger partial charge in [-0.15, -0.1) is 30.7 Å². The summed E-state index contributed by atoms with van der Waals surface area (Å²) in [5.74, 6) is 1.06. The highest BCUT2D eigenvalue weighted by atomic mass is 32.2. The lowest BCUT2D eigenvalue weighted by Gasteiger charge is -2.13. The van der Waals surface area contributed by atoms with Crippen LogP contribution < -0.4 is 4.90 Å². The lowest BCUT2D eigenvalue weighted by Crippen LogP contribution is -2.15. The molecule has 0 radical (unpaired) electrons. The predicted molar refractivity (Wildman–Crippen MR) is 175 cm³/mol. The highest BCUT2D eigenvalue weighted by molar-refractivity contribution is 8.01. The van der Waals surface area contributed by atoms with Gasteiger partial charge in [-0.25, -0.2) is 0 Å². The number of thioether (sulfide) groups is 1. The number of azo groups is 3. The van der Waals surface area contributed by atoms with E-state index in [0.717, 1.165) is 62.1 Å². The summed E-state index contributed by atoms with van der Waals surface area (Å²) in [4.78, 5) is 2.41. The van der Waals surface area contributed by atoms with Crippen LogP contribution in [0.5, 0.6) is 0 Å². The van der Waals surface area contributed by atoms with Crippen LogP contribution in [-0.2, 0) is 0 Å². The maximum atomic E-state index is 4.47. The fraction of sp³-hybridized carbons (Fsp3) is 0.400. The zero-order valence-electron chi connectivity index (χ0n) is 24.2. The lowest BCUT2D eigenvalue weighted by atomic mass is 10.2. The summed E-state index contributed by atoms with van der Waals surface area (Å²) in [6, 6.07) is 15.7. The van der Waals surface area contributed by atoms with E-state index in [9.17, 15) is 0 Å². The van der Waals surface area contributed by atoms with Crippen molar-refractivity contribution in [2.75, 3.05) is 23.7 Å². The van der Waals surface area contributed by atoms with E-state index in [4.69, 9.17) is 0 Å². The molecule has 0 atom stereocenters. The van der Waals surface area contributed by atoms with Gasteiger partial charge in [-0.2, -0.15) is 10.2 Å². The molecule has 2 aromatic heterocycles. The van der Waals surface area contributed by atoms with Gasteiger partial charge < -0.3 is 4.90 Å². The quantitative estimate of drug-likeness (QED) is 0.0845. The molecule has 4 aromatic rings. The maximum absolute atomic E-state index is 4.47. The van der Waals surface area contributed by atoms with Gasteiger partial charge in [0.05, 0.1) is 27.8 Å². The van der Waals surface area contributed by atoms with Gasteiger partial charge in [0.2, 0.25) is 0 Å². The molecule has 0 bridgehead atoms. The molecule has 0 N–H and O–H groups in total. The predicted octanol–water partition coefficient (Wildman–Crippen LogP) is 11.7. The second kappa shape index (κ2) is 15.2. The smallest absolute Gasteiger partial charge is 0.252 e. The summed E-state index contributed by atoms with van der Waals surface area (Å²) < 4.78 is 0.938. The molecule has 1 aliphatic heterocycles. The SMILES string of the molecule is CCCCCCSc1nnc(N=Nc2ccc(N=Nc3ccc(N=Nc4ccc(N5CCCC5)s4)cc3C)cc2C)s1. The van der Waals surface area contributed by atoms with Crippen LogP contribution in [0, 0.1) is 13.8 Å². The summed E-state index contributed by atoms with van der Waals surface area (Å²) in [6.07, 6.45) is 7.52. The van der Waals surface area contributed by atoms with E-state index >= 15 is 0 Å². The average Bonchev–Trinajstić information content (AvgIpc) is 3.78. The standard InChI is InChI=1S/C30H35N9S3/c1-4-5-6-9-18-40-30-38-37-29(42-30)36-34-26-13-10-23(19-22(26)3)31-33-25-12-11-24(20-21(25)2)32-35-27-14-15-28(41-27)39-16-7-8-17-39/h10-15,19-20H,4-9,16-18H2,1-3H3. The van der Waals surface area contributed by atoms with Gasteiger partial charge in [0.15, 0.2) is 4.34 Å². The molecule has 0 amide bonds. The number of rotatable bonds is 13. The third-order valence-electron chi connectivity index (χ3n) is 6.76. The van der Waals surface area contributed by atoms with Crippen molar-refractivity contribution < 1.29 is 0 Å². The molecule has 1 fully saturated rings. The molecule has 1 aliphatic rings. The molecular formula is C30H35N9S3. The van der Waals surface area contributed by atoms with E-state index in [2.05, 4.69) is 58.8 Å². The Labute approximate surface area is 259 Å². The van der Waals surface area contributed by atoms with Crippen LogP contribution in [-0.4, -0.2) is 29.0 Å². The van der Waals surface area contributed by atoms with Crippen LogP contribution >= 0.6 is 34.4 Å². The minimum atomic E-state index is 0.565. The molecule has 1 saturated heterocycles. The van der Waals surface area contributed by atoms with Gasteiger partial charge in [0.25, 0.3) is 5.13 Å². The molecular weight excluding hydrogens is 583 g/mol. The zero-order valence-corrected chi connectivity index (χ0v) is 26.7. The van der Waals surface area contributed by atoms with Crippen LogP contribution in [0.2, 0.25) is 0 Å². The number of hydrogen-bond acceptors (Lipinski definition) is 12. The summed E-state index contributed by atoms with van der Waals surface area (Å²) in [6.45, 7) is 8.47. The minimum Gasteiger partial charge on any atom is -0.363 e.